The second kappa shape index (κ2) is 14.2. The van der Waals surface area contributed by atoms with Crippen LogP contribution in [0.1, 0.15) is 37.8 Å². The van der Waals surface area contributed by atoms with Crippen molar-refractivity contribution in [3.63, 3.8) is 0 Å². The molecule has 0 spiro atoms. The van der Waals surface area contributed by atoms with Crippen LogP contribution < -0.4 is 9.62 Å². The van der Waals surface area contributed by atoms with Crippen LogP contribution in [-0.4, -0.2) is 44.3 Å². The van der Waals surface area contributed by atoms with Gasteiger partial charge in [-0.3, -0.25) is 13.9 Å². The number of unbranched alkanes of at least 4 members (excludes halogenated alkanes) is 1. The molecular formula is C29H32Cl3N3O4S. The second-order valence-corrected chi connectivity index (χ2v) is 12.4. The van der Waals surface area contributed by atoms with E-state index in [0.29, 0.717) is 32.7 Å². The van der Waals surface area contributed by atoms with Gasteiger partial charge in [-0.1, -0.05) is 78.5 Å². The largest absolute Gasteiger partial charge is 0.354 e. The Morgan fingerprint density at radius 2 is 1.62 bits per heavy atom. The molecule has 0 saturated heterocycles. The number of rotatable bonds is 12. The number of sulfonamides is 1. The Bertz CT molecular complexity index is 1450. The van der Waals surface area contributed by atoms with Crippen LogP contribution >= 0.6 is 34.8 Å². The molecule has 3 rings (SSSR count). The van der Waals surface area contributed by atoms with Crippen molar-refractivity contribution in [1.82, 2.24) is 10.2 Å². The van der Waals surface area contributed by atoms with E-state index in [-0.39, 0.29) is 23.0 Å². The van der Waals surface area contributed by atoms with Crippen molar-refractivity contribution < 1.29 is 18.0 Å². The molecule has 0 aromatic heterocycles. The Labute approximate surface area is 251 Å². The Morgan fingerprint density at radius 1 is 0.925 bits per heavy atom. The van der Waals surface area contributed by atoms with Crippen LogP contribution in [0.2, 0.25) is 15.1 Å². The first kappa shape index (κ1) is 31.7. The highest BCUT2D eigenvalue weighted by Crippen LogP contribution is 2.31. The summed E-state index contributed by atoms with van der Waals surface area (Å²) in [4.78, 5) is 28.4. The van der Waals surface area contributed by atoms with E-state index in [1.807, 2.05) is 6.92 Å². The number of amides is 2. The number of carbonyl (C=O) groups is 2. The first-order chi connectivity index (χ1) is 19.0. The van der Waals surface area contributed by atoms with E-state index in [9.17, 15) is 18.0 Å². The summed E-state index contributed by atoms with van der Waals surface area (Å²) in [6.07, 6.45) is 1.68. The van der Waals surface area contributed by atoms with Crippen molar-refractivity contribution in [3.05, 3.63) is 92.9 Å². The quantitative estimate of drug-likeness (QED) is 0.234. The lowest BCUT2D eigenvalue weighted by molar-refractivity contribution is -0.139. The third kappa shape index (κ3) is 7.69. The van der Waals surface area contributed by atoms with Gasteiger partial charge in [0, 0.05) is 18.1 Å². The smallest absolute Gasteiger partial charge is 0.264 e. The molecule has 11 heteroatoms. The summed E-state index contributed by atoms with van der Waals surface area (Å²) in [5.41, 5.74) is 1.39. The normalized spacial score (nSPS) is 12.1. The summed E-state index contributed by atoms with van der Waals surface area (Å²) >= 11 is 18.6. The molecule has 7 nitrogen and oxygen atoms in total. The third-order valence-electron chi connectivity index (χ3n) is 6.45. The summed E-state index contributed by atoms with van der Waals surface area (Å²) in [5, 5.41) is 3.86. The van der Waals surface area contributed by atoms with Gasteiger partial charge in [-0.15, -0.1) is 0 Å². The average Bonchev–Trinajstić information content (AvgIpc) is 2.94. The molecule has 3 aromatic carbocycles. The molecular weight excluding hydrogens is 593 g/mol. The van der Waals surface area contributed by atoms with Crippen LogP contribution in [0.4, 0.5) is 5.69 Å². The van der Waals surface area contributed by atoms with Gasteiger partial charge < -0.3 is 10.2 Å². The second-order valence-electron chi connectivity index (χ2n) is 9.30. The van der Waals surface area contributed by atoms with Crippen molar-refractivity contribution in [1.29, 1.82) is 0 Å². The van der Waals surface area contributed by atoms with E-state index in [4.69, 9.17) is 34.8 Å². The van der Waals surface area contributed by atoms with E-state index in [2.05, 4.69) is 5.32 Å². The van der Waals surface area contributed by atoms with Gasteiger partial charge in [0.05, 0.1) is 20.6 Å². The maximum Gasteiger partial charge on any atom is 0.264 e. The van der Waals surface area contributed by atoms with E-state index in [1.165, 1.54) is 17.0 Å². The number of halogens is 3. The number of hydrogen-bond acceptors (Lipinski definition) is 4. The van der Waals surface area contributed by atoms with Crippen molar-refractivity contribution >= 4 is 62.3 Å². The fraction of sp³-hybridized carbons (Fsp3) is 0.310. The lowest BCUT2D eigenvalue weighted by Gasteiger charge is -2.32. The number of nitrogens with one attached hydrogen (secondary N) is 1. The highest BCUT2D eigenvalue weighted by Gasteiger charge is 2.33. The monoisotopic (exact) mass is 623 g/mol. The van der Waals surface area contributed by atoms with Crippen molar-refractivity contribution in [2.75, 3.05) is 17.4 Å². The van der Waals surface area contributed by atoms with E-state index < -0.39 is 28.5 Å². The molecule has 2 amide bonds. The van der Waals surface area contributed by atoms with Gasteiger partial charge in [-0.2, -0.15) is 0 Å². The molecule has 0 aliphatic heterocycles. The molecule has 1 atom stereocenters. The van der Waals surface area contributed by atoms with E-state index in [1.54, 1.807) is 68.4 Å². The van der Waals surface area contributed by atoms with Gasteiger partial charge in [0.15, 0.2) is 0 Å². The third-order valence-corrected chi connectivity index (χ3v) is 9.37. The van der Waals surface area contributed by atoms with E-state index in [0.717, 1.165) is 17.1 Å². The molecule has 3 aromatic rings. The van der Waals surface area contributed by atoms with Crippen molar-refractivity contribution in [3.8, 4) is 0 Å². The molecule has 1 N–H and O–H groups in total. The van der Waals surface area contributed by atoms with Crippen molar-refractivity contribution in [2.24, 2.45) is 0 Å². The fourth-order valence-corrected chi connectivity index (χ4v) is 6.04. The molecule has 0 saturated carbocycles. The van der Waals surface area contributed by atoms with Crippen LogP contribution in [0.25, 0.3) is 0 Å². The van der Waals surface area contributed by atoms with Gasteiger partial charge in [-0.05, 0) is 67.8 Å². The highest BCUT2D eigenvalue weighted by molar-refractivity contribution is 7.92. The topological polar surface area (TPSA) is 86.8 Å². The predicted molar refractivity (Wildman–Crippen MR) is 162 cm³/mol. The number of benzene rings is 3. The summed E-state index contributed by atoms with van der Waals surface area (Å²) in [6, 6.07) is 16.7. The zero-order valence-corrected chi connectivity index (χ0v) is 25.6. The van der Waals surface area contributed by atoms with E-state index >= 15 is 0 Å². The molecule has 0 heterocycles. The number of nitrogens with zero attached hydrogens (tertiary/aromatic N) is 2. The Hall–Kier alpha value is -2.78. The maximum absolute atomic E-state index is 14.0. The Morgan fingerprint density at radius 3 is 2.27 bits per heavy atom. The average molecular weight is 625 g/mol. The molecule has 0 bridgehead atoms. The SMILES string of the molecule is CCCCNC(=O)[C@H](C)N(Cc1ccc(Cl)c(Cl)c1)C(=O)CN(c1cccc(Cl)c1C)S(=O)(=O)c1ccccc1. The minimum atomic E-state index is -4.18. The van der Waals surface area contributed by atoms with Gasteiger partial charge in [0.25, 0.3) is 10.0 Å². The van der Waals surface area contributed by atoms with Crippen LogP contribution in [0.3, 0.4) is 0 Å². The number of anilines is 1. The summed E-state index contributed by atoms with van der Waals surface area (Å²) in [5.74, 6) is -0.929. The maximum atomic E-state index is 14.0. The van der Waals surface area contributed by atoms with Gasteiger partial charge in [0.2, 0.25) is 11.8 Å². The number of hydrogen-bond donors (Lipinski definition) is 1. The number of carbonyl (C=O) groups excluding carboxylic acids is 2. The molecule has 0 radical (unpaired) electrons. The van der Waals surface area contributed by atoms with Crippen molar-refractivity contribution in [2.45, 2.75) is 51.1 Å². The minimum absolute atomic E-state index is 0.00579. The highest BCUT2D eigenvalue weighted by atomic mass is 35.5. The Kier molecular flexibility index (Phi) is 11.3. The zero-order valence-electron chi connectivity index (χ0n) is 22.5. The summed E-state index contributed by atoms with van der Waals surface area (Å²) in [6.45, 7) is 5.21. The van der Waals surface area contributed by atoms with Crippen LogP contribution in [0.5, 0.6) is 0 Å². The Balaban J connectivity index is 2.04. The fourth-order valence-electron chi connectivity index (χ4n) is 4.05. The van der Waals surface area contributed by atoms with Gasteiger partial charge >= 0.3 is 0 Å². The molecule has 214 valence electrons. The molecule has 0 aliphatic carbocycles. The van der Waals surface area contributed by atoms with Crippen LogP contribution in [-0.2, 0) is 26.2 Å². The van der Waals surface area contributed by atoms with Gasteiger partial charge in [-0.25, -0.2) is 8.42 Å². The lowest BCUT2D eigenvalue weighted by Crippen LogP contribution is -2.51. The lowest BCUT2D eigenvalue weighted by atomic mass is 10.1. The minimum Gasteiger partial charge on any atom is -0.354 e. The zero-order chi connectivity index (χ0) is 29.4. The molecule has 0 aliphatic rings. The summed E-state index contributed by atoms with van der Waals surface area (Å²) in [7, 11) is -4.18. The molecule has 0 unspecified atom stereocenters. The van der Waals surface area contributed by atoms with Crippen LogP contribution in [0, 0.1) is 6.92 Å². The first-order valence-corrected chi connectivity index (χ1v) is 15.4. The first-order valence-electron chi connectivity index (χ1n) is 12.8. The molecule has 0 fully saturated rings. The standard InChI is InChI=1S/C29H32Cl3N3O4S/c1-4-5-16-33-29(37)21(3)34(18-22-14-15-25(31)26(32)17-22)28(36)19-35(27-13-9-12-24(30)20(27)2)40(38,39)23-10-7-6-8-11-23/h6-15,17,21H,4-5,16,18-19H2,1-3H3,(H,33,37)/t21-/m0/s1. The summed E-state index contributed by atoms with van der Waals surface area (Å²) < 4.78 is 28.8. The van der Waals surface area contributed by atoms with Gasteiger partial charge in [0.1, 0.15) is 12.6 Å². The predicted octanol–water partition coefficient (Wildman–Crippen LogP) is 6.48. The molecule has 40 heavy (non-hydrogen) atoms. The van der Waals surface area contributed by atoms with Crippen LogP contribution in [0.15, 0.2) is 71.6 Å².